The number of amides is 1. The predicted octanol–water partition coefficient (Wildman–Crippen LogP) is 4.02. The van der Waals surface area contributed by atoms with Crippen LogP contribution in [0.5, 0.6) is 0 Å². The number of rotatable bonds is 5. The van der Waals surface area contributed by atoms with Crippen molar-refractivity contribution in [3.8, 4) is 0 Å². The third kappa shape index (κ3) is 4.70. The first-order chi connectivity index (χ1) is 10.9. The van der Waals surface area contributed by atoms with Gasteiger partial charge in [-0.25, -0.2) is 4.79 Å². The number of hydrogen-bond acceptors (Lipinski definition) is 4. The summed E-state index contributed by atoms with van der Waals surface area (Å²) >= 11 is 1.87. The van der Waals surface area contributed by atoms with Crippen LogP contribution >= 0.6 is 11.3 Å². The molecule has 1 aromatic rings. The standard InChI is InChI=1S/C18H28N2O2S/c1-18(2,3)22-17(21)20-15(12-7-8-12)11-19-14-5-4-6-16-13(14)9-10-23-16/h9-10,12,14-15,19H,4-8,11H2,1-3H3,(H,20,21). The van der Waals surface area contributed by atoms with E-state index in [1.807, 2.05) is 32.1 Å². The zero-order chi connectivity index (χ0) is 16.4. The summed E-state index contributed by atoms with van der Waals surface area (Å²) in [4.78, 5) is 13.6. The molecule has 2 aliphatic rings. The maximum Gasteiger partial charge on any atom is 0.407 e. The van der Waals surface area contributed by atoms with Crippen molar-refractivity contribution in [3.05, 3.63) is 21.9 Å². The molecule has 1 heterocycles. The molecule has 0 saturated heterocycles. The van der Waals surface area contributed by atoms with E-state index in [0.29, 0.717) is 12.0 Å². The first-order valence-corrected chi connectivity index (χ1v) is 9.59. The van der Waals surface area contributed by atoms with Crippen LogP contribution in [0.4, 0.5) is 4.79 Å². The largest absolute Gasteiger partial charge is 0.444 e. The molecule has 2 unspecified atom stereocenters. The Morgan fingerprint density at radius 3 is 2.87 bits per heavy atom. The molecule has 2 N–H and O–H groups in total. The fraction of sp³-hybridized carbons (Fsp3) is 0.722. The molecule has 0 spiro atoms. The summed E-state index contributed by atoms with van der Waals surface area (Å²) in [6, 6.07) is 2.87. The fourth-order valence-electron chi connectivity index (χ4n) is 3.26. The van der Waals surface area contributed by atoms with Gasteiger partial charge in [-0.1, -0.05) is 0 Å². The van der Waals surface area contributed by atoms with Gasteiger partial charge in [-0.15, -0.1) is 11.3 Å². The molecule has 1 amide bonds. The highest BCUT2D eigenvalue weighted by Gasteiger charge is 2.34. The molecule has 0 radical (unpaired) electrons. The number of aryl methyl sites for hydroxylation is 1. The van der Waals surface area contributed by atoms with Crippen LogP contribution in [0.15, 0.2) is 11.4 Å². The Morgan fingerprint density at radius 1 is 1.39 bits per heavy atom. The van der Waals surface area contributed by atoms with Crippen molar-refractivity contribution in [2.75, 3.05) is 6.54 Å². The molecule has 3 rings (SSSR count). The topological polar surface area (TPSA) is 50.4 Å². The van der Waals surface area contributed by atoms with Crippen LogP contribution in [-0.2, 0) is 11.2 Å². The Hall–Kier alpha value is -1.07. The molecule has 2 atom stereocenters. The molecule has 4 nitrogen and oxygen atoms in total. The normalized spacial score (nSPS) is 22.3. The van der Waals surface area contributed by atoms with Gasteiger partial charge in [0.2, 0.25) is 0 Å². The van der Waals surface area contributed by atoms with Gasteiger partial charge in [-0.05, 0) is 75.8 Å². The third-order valence-electron chi connectivity index (χ3n) is 4.53. The number of nitrogens with one attached hydrogen (secondary N) is 2. The van der Waals surface area contributed by atoms with Crippen LogP contribution in [-0.4, -0.2) is 24.3 Å². The maximum absolute atomic E-state index is 12.1. The van der Waals surface area contributed by atoms with Crippen LogP contribution in [0.25, 0.3) is 0 Å². The van der Waals surface area contributed by atoms with Gasteiger partial charge in [-0.3, -0.25) is 0 Å². The second-order valence-electron chi connectivity index (χ2n) is 7.74. The van der Waals surface area contributed by atoms with Crippen molar-refractivity contribution in [3.63, 3.8) is 0 Å². The predicted molar refractivity (Wildman–Crippen MR) is 93.9 cm³/mol. The van der Waals surface area contributed by atoms with Gasteiger partial charge in [0.15, 0.2) is 0 Å². The van der Waals surface area contributed by atoms with Crippen molar-refractivity contribution < 1.29 is 9.53 Å². The van der Waals surface area contributed by atoms with Crippen LogP contribution in [0, 0.1) is 5.92 Å². The number of ether oxygens (including phenoxy) is 1. The van der Waals surface area contributed by atoms with Gasteiger partial charge in [0.05, 0.1) is 0 Å². The molecule has 2 aliphatic carbocycles. The first-order valence-electron chi connectivity index (χ1n) is 8.71. The lowest BCUT2D eigenvalue weighted by Gasteiger charge is -2.28. The second kappa shape index (κ2) is 6.81. The number of hydrogen-bond donors (Lipinski definition) is 2. The van der Waals surface area contributed by atoms with E-state index in [1.54, 1.807) is 0 Å². The summed E-state index contributed by atoms with van der Waals surface area (Å²) in [6.45, 7) is 6.52. The monoisotopic (exact) mass is 336 g/mol. The summed E-state index contributed by atoms with van der Waals surface area (Å²) in [5.41, 5.74) is 1.02. The highest BCUT2D eigenvalue weighted by Crippen LogP contribution is 2.35. The molecule has 1 aromatic heterocycles. The fourth-order valence-corrected chi connectivity index (χ4v) is 4.25. The molecule has 1 fully saturated rings. The number of fused-ring (bicyclic) bond motifs is 1. The summed E-state index contributed by atoms with van der Waals surface area (Å²) in [5.74, 6) is 0.598. The van der Waals surface area contributed by atoms with Crippen molar-refractivity contribution in [2.24, 2.45) is 5.92 Å². The SMILES string of the molecule is CC(C)(C)OC(=O)NC(CNC1CCCc2sccc21)C1CC1. The number of thiophene rings is 1. The minimum atomic E-state index is -0.444. The molecule has 0 aromatic carbocycles. The second-order valence-corrected chi connectivity index (χ2v) is 8.74. The Kier molecular flexibility index (Phi) is 4.97. The number of carbonyl (C=O) groups is 1. The molecular weight excluding hydrogens is 308 g/mol. The van der Waals surface area contributed by atoms with Crippen molar-refractivity contribution in [1.82, 2.24) is 10.6 Å². The molecule has 5 heteroatoms. The molecule has 23 heavy (non-hydrogen) atoms. The third-order valence-corrected chi connectivity index (χ3v) is 5.53. The Bertz CT molecular complexity index is 545. The van der Waals surface area contributed by atoms with Gasteiger partial charge < -0.3 is 15.4 Å². The number of carbonyl (C=O) groups excluding carboxylic acids is 1. The van der Waals surface area contributed by atoms with E-state index < -0.39 is 5.60 Å². The molecular formula is C18H28N2O2S. The van der Waals surface area contributed by atoms with Gasteiger partial charge in [0.25, 0.3) is 0 Å². The van der Waals surface area contributed by atoms with Crippen molar-refractivity contribution in [2.45, 2.75) is 70.6 Å². The minimum Gasteiger partial charge on any atom is -0.444 e. The van der Waals surface area contributed by atoms with E-state index in [4.69, 9.17) is 4.74 Å². The molecule has 0 aliphatic heterocycles. The smallest absolute Gasteiger partial charge is 0.407 e. The minimum absolute atomic E-state index is 0.175. The van der Waals surface area contributed by atoms with Crippen LogP contribution in [0.1, 0.15) is 62.9 Å². The Morgan fingerprint density at radius 2 is 2.17 bits per heavy atom. The van der Waals surface area contributed by atoms with E-state index >= 15 is 0 Å². The van der Waals surface area contributed by atoms with Gasteiger partial charge >= 0.3 is 6.09 Å². The lowest BCUT2D eigenvalue weighted by Crippen LogP contribution is -2.46. The summed E-state index contributed by atoms with van der Waals surface area (Å²) in [6.07, 6.45) is 5.77. The molecule has 1 saturated carbocycles. The van der Waals surface area contributed by atoms with Crippen LogP contribution < -0.4 is 10.6 Å². The lowest BCUT2D eigenvalue weighted by molar-refractivity contribution is 0.0496. The van der Waals surface area contributed by atoms with Crippen molar-refractivity contribution >= 4 is 17.4 Å². The summed E-state index contributed by atoms with van der Waals surface area (Å²) in [5, 5.41) is 8.96. The summed E-state index contributed by atoms with van der Waals surface area (Å²) in [7, 11) is 0. The van der Waals surface area contributed by atoms with Gasteiger partial charge in [-0.2, -0.15) is 0 Å². The van der Waals surface area contributed by atoms with Gasteiger partial charge in [0.1, 0.15) is 5.60 Å². The van der Waals surface area contributed by atoms with Crippen molar-refractivity contribution in [1.29, 1.82) is 0 Å². The maximum atomic E-state index is 12.1. The highest BCUT2D eigenvalue weighted by atomic mass is 32.1. The average molecular weight is 337 g/mol. The molecule has 0 bridgehead atoms. The van der Waals surface area contributed by atoms with Gasteiger partial charge in [0, 0.05) is 23.5 Å². The van der Waals surface area contributed by atoms with E-state index in [9.17, 15) is 4.79 Å². The first kappa shape index (κ1) is 16.8. The van der Waals surface area contributed by atoms with E-state index in [0.717, 1.165) is 6.54 Å². The highest BCUT2D eigenvalue weighted by molar-refractivity contribution is 7.10. The Labute approximate surface area is 143 Å². The zero-order valence-corrected chi connectivity index (χ0v) is 15.2. The average Bonchev–Trinajstić information content (AvgIpc) is 3.18. The van der Waals surface area contributed by atoms with E-state index in [-0.39, 0.29) is 12.1 Å². The van der Waals surface area contributed by atoms with Crippen LogP contribution in [0.2, 0.25) is 0 Å². The quantitative estimate of drug-likeness (QED) is 0.854. The zero-order valence-electron chi connectivity index (χ0n) is 14.4. The summed E-state index contributed by atoms with van der Waals surface area (Å²) < 4.78 is 5.41. The van der Waals surface area contributed by atoms with Crippen LogP contribution in [0.3, 0.4) is 0 Å². The van der Waals surface area contributed by atoms with E-state index in [1.165, 1.54) is 42.5 Å². The Balaban J connectivity index is 1.54. The lowest BCUT2D eigenvalue weighted by atomic mass is 9.94. The van der Waals surface area contributed by atoms with E-state index in [2.05, 4.69) is 22.1 Å². The number of alkyl carbamates (subject to hydrolysis) is 1. The molecule has 128 valence electrons.